The number of halogens is 1. The molecule has 1 aromatic rings. The van der Waals surface area contributed by atoms with Gasteiger partial charge in [0.15, 0.2) is 0 Å². The Morgan fingerprint density at radius 3 is 2.62 bits per heavy atom. The van der Waals surface area contributed by atoms with Crippen molar-refractivity contribution < 1.29 is 27.3 Å². The molecule has 9 nitrogen and oxygen atoms in total. The van der Waals surface area contributed by atoms with Gasteiger partial charge in [-0.05, 0) is 12.8 Å². The largest absolute Gasteiger partial charge is 0.475 e. The van der Waals surface area contributed by atoms with Crippen LogP contribution in [0.3, 0.4) is 0 Å². The molecule has 0 bridgehead atoms. The fraction of sp³-hybridized carbons (Fsp3) is 0.778. The maximum atomic E-state index is 13.6. The fourth-order valence-electron chi connectivity index (χ4n) is 3.52. The Morgan fingerprint density at radius 2 is 1.97 bits per heavy atom. The summed E-state index contributed by atoms with van der Waals surface area (Å²) in [6.07, 6.45) is 4.12. The fourth-order valence-corrected chi connectivity index (χ4v) is 5.15. The molecule has 1 aromatic heterocycles. The monoisotopic (exact) mass is 434 g/mol. The predicted molar refractivity (Wildman–Crippen MR) is 102 cm³/mol. The third kappa shape index (κ3) is 5.44. The Bertz CT molecular complexity index is 849. The van der Waals surface area contributed by atoms with Crippen molar-refractivity contribution in [2.75, 3.05) is 6.61 Å². The van der Waals surface area contributed by atoms with Gasteiger partial charge in [-0.3, -0.25) is 27.9 Å². The highest BCUT2D eigenvalue weighted by Gasteiger charge is 2.48. The van der Waals surface area contributed by atoms with E-state index in [-0.39, 0.29) is 19.1 Å². The van der Waals surface area contributed by atoms with Crippen LogP contribution >= 0.6 is 7.82 Å². The molecular formula is C18H28FN2O7P. The van der Waals surface area contributed by atoms with E-state index in [1.165, 1.54) is 0 Å². The van der Waals surface area contributed by atoms with Gasteiger partial charge in [-0.25, -0.2) is 9.36 Å². The third-order valence-electron chi connectivity index (χ3n) is 5.11. The average Bonchev–Trinajstić information content (AvgIpc) is 3.09. The van der Waals surface area contributed by atoms with Crippen molar-refractivity contribution in [2.45, 2.75) is 83.3 Å². The minimum atomic E-state index is -3.77. The number of fused-ring (bicyclic) bond motifs is 1. The summed E-state index contributed by atoms with van der Waals surface area (Å²) < 4.78 is 50.1. The number of H-pyrrole nitrogens is 1. The van der Waals surface area contributed by atoms with E-state index in [2.05, 4.69) is 13.8 Å². The Kier molecular flexibility index (Phi) is 7.45. The van der Waals surface area contributed by atoms with Crippen molar-refractivity contribution in [3.05, 3.63) is 32.9 Å². The van der Waals surface area contributed by atoms with Crippen molar-refractivity contribution in [3.63, 3.8) is 0 Å². The molecule has 0 amide bonds. The molecule has 2 fully saturated rings. The second-order valence-electron chi connectivity index (χ2n) is 7.41. The van der Waals surface area contributed by atoms with Crippen molar-refractivity contribution in [1.29, 1.82) is 0 Å². The SMILES string of the molecule is CCCCC(CCCC)OP1(=O)OC[C@H]2O[C@@H](n3cc(F)c(=O)[nH]c3=O)C[C@@H]2O1. The Morgan fingerprint density at radius 1 is 1.28 bits per heavy atom. The van der Waals surface area contributed by atoms with Crippen LogP contribution in [0.4, 0.5) is 4.39 Å². The van der Waals surface area contributed by atoms with Crippen molar-refractivity contribution in [1.82, 2.24) is 9.55 Å². The average molecular weight is 434 g/mol. The molecule has 29 heavy (non-hydrogen) atoms. The summed E-state index contributed by atoms with van der Waals surface area (Å²) in [4.78, 5) is 25.1. The molecule has 2 aliphatic rings. The number of rotatable bonds is 9. The molecule has 0 radical (unpaired) electrons. The number of ether oxygens (including phenoxy) is 1. The van der Waals surface area contributed by atoms with Crippen molar-refractivity contribution in [3.8, 4) is 0 Å². The van der Waals surface area contributed by atoms with Crippen LogP contribution in [0.25, 0.3) is 0 Å². The lowest BCUT2D eigenvalue weighted by Crippen LogP contribution is -2.34. The smallest absolute Gasteiger partial charge is 0.349 e. The van der Waals surface area contributed by atoms with Gasteiger partial charge in [-0.2, -0.15) is 4.39 Å². The molecule has 164 valence electrons. The topological polar surface area (TPSA) is 109 Å². The van der Waals surface area contributed by atoms with Crippen LogP contribution < -0.4 is 11.2 Å². The lowest BCUT2D eigenvalue weighted by Gasteiger charge is -2.32. The molecule has 4 atom stereocenters. The summed E-state index contributed by atoms with van der Waals surface area (Å²) >= 11 is 0. The highest BCUT2D eigenvalue weighted by molar-refractivity contribution is 7.48. The number of nitrogens with zero attached hydrogens (tertiary/aromatic N) is 1. The zero-order chi connectivity index (χ0) is 21.0. The summed E-state index contributed by atoms with van der Waals surface area (Å²) in [5, 5.41) is 0. The van der Waals surface area contributed by atoms with Gasteiger partial charge in [-0.1, -0.05) is 39.5 Å². The molecular weight excluding hydrogens is 406 g/mol. The maximum absolute atomic E-state index is 13.6. The van der Waals surface area contributed by atoms with E-state index in [0.29, 0.717) is 0 Å². The highest BCUT2D eigenvalue weighted by atomic mass is 31.2. The summed E-state index contributed by atoms with van der Waals surface area (Å²) in [6.45, 7) is 4.14. The molecule has 3 heterocycles. The van der Waals surface area contributed by atoms with Gasteiger partial charge >= 0.3 is 13.5 Å². The van der Waals surface area contributed by atoms with Crippen molar-refractivity contribution >= 4 is 7.82 Å². The normalized spacial score (nSPS) is 29.3. The van der Waals surface area contributed by atoms with Gasteiger partial charge < -0.3 is 4.74 Å². The Hall–Kier alpha value is -1.32. The lowest BCUT2D eigenvalue weighted by molar-refractivity contribution is -0.0772. The molecule has 1 unspecified atom stereocenters. The molecule has 2 aliphatic heterocycles. The maximum Gasteiger partial charge on any atom is 0.475 e. The Labute approximate surface area is 168 Å². The standard InChI is InChI=1S/C18H28FN2O7P/c1-3-5-7-12(8-6-4-2)27-29(24)25-11-15-14(28-29)9-16(26-15)21-10-13(19)17(22)20-18(21)23/h10,12,14-16H,3-9,11H2,1-2H3,(H,20,22,23)/t14-,15+,16+,29?/m0/s1. The summed E-state index contributed by atoms with van der Waals surface area (Å²) in [5.74, 6) is -1.09. The molecule has 2 saturated heterocycles. The van der Waals surface area contributed by atoms with E-state index >= 15 is 0 Å². The molecule has 0 aromatic carbocycles. The van der Waals surface area contributed by atoms with Crippen LogP contribution in [0.2, 0.25) is 0 Å². The number of nitrogens with one attached hydrogen (secondary N) is 1. The molecule has 3 rings (SSSR count). The second kappa shape index (κ2) is 9.66. The van der Waals surface area contributed by atoms with Gasteiger partial charge in [0.05, 0.1) is 18.9 Å². The highest BCUT2D eigenvalue weighted by Crippen LogP contribution is 2.57. The number of phosphoric acid groups is 1. The number of hydrogen-bond acceptors (Lipinski definition) is 7. The minimum absolute atomic E-state index is 0.0205. The molecule has 1 N–H and O–H groups in total. The predicted octanol–water partition coefficient (Wildman–Crippen LogP) is 3.25. The van der Waals surface area contributed by atoms with Crippen LogP contribution in [0.5, 0.6) is 0 Å². The van der Waals surface area contributed by atoms with Crippen LogP contribution in [-0.2, 0) is 22.9 Å². The van der Waals surface area contributed by atoms with E-state index in [0.717, 1.165) is 49.3 Å². The van der Waals surface area contributed by atoms with E-state index in [4.69, 9.17) is 18.3 Å². The van der Waals surface area contributed by atoms with Gasteiger partial charge in [0.25, 0.3) is 5.56 Å². The zero-order valence-electron chi connectivity index (χ0n) is 16.7. The first kappa shape index (κ1) is 22.4. The molecule has 0 saturated carbocycles. The number of aromatic amines is 1. The summed E-state index contributed by atoms with van der Waals surface area (Å²) in [6, 6.07) is 0. The quantitative estimate of drug-likeness (QED) is 0.594. The van der Waals surface area contributed by atoms with Crippen LogP contribution in [0.15, 0.2) is 15.8 Å². The lowest BCUT2D eigenvalue weighted by atomic mass is 10.1. The first-order valence-corrected chi connectivity index (χ1v) is 11.6. The van der Waals surface area contributed by atoms with Crippen LogP contribution in [0, 0.1) is 5.82 Å². The minimum Gasteiger partial charge on any atom is -0.349 e. The van der Waals surface area contributed by atoms with Crippen LogP contribution in [0.1, 0.15) is 65.0 Å². The molecule has 0 spiro atoms. The second-order valence-corrected chi connectivity index (χ2v) is 8.98. The van der Waals surface area contributed by atoms with Gasteiger partial charge in [0.1, 0.15) is 18.4 Å². The first-order valence-electron chi connectivity index (χ1n) is 10.1. The summed E-state index contributed by atoms with van der Waals surface area (Å²) in [7, 11) is -3.77. The molecule has 0 aliphatic carbocycles. The van der Waals surface area contributed by atoms with E-state index in [1.807, 2.05) is 4.98 Å². The van der Waals surface area contributed by atoms with Crippen LogP contribution in [-0.4, -0.2) is 34.5 Å². The van der Waals surface area contributed by atoms with Crippen molar-refractivity contribution in [2.24, 2.45) is 0 Å². The zero-order valence-corrected chi connectivity index (χ0v) is 17.6. The number of unbranched alkanes of at least 4 members (excludes halogenated alkanes) is 2. The third-order valence-corrected chi connectivity index (χ3v) is 6.66. The molecule has 11 heteroatoms. The van der Waals surface area contributed by atoms with Gasteiger partial charge in [0.2, 0.25) is 5.82 Å². The number of hydrogen-bond donors (Lipinski definition) is 1. The van der Waals surface area contributed by atoms with Gasteiger partial charge in [0, 0.05) is 6.42 Å². The van der Waals surface area contributed by atoms with Gasteiger partial charge in [-0.15, -0.1) is 0 Å². The van der Waals surface area contributed by atoms with E-state index in [9.17, 15) is 18.5 Å². The Balaban J connectivity index is 1.67. The summed E-state index contributed by atoms with van der Waals surface area (Å²) in [5.41, 5.74) is -1.89. The van der Waals surface area contributed by atoms with E-state index in [1.54, 1.807) is 0 Å². The first-order chi connectivity index (χ1) is 13.8. The van der Waals surface area contributed by atoms with E-state index < -0.39 is 43.3 Å². The number of phosphoric ester groups is 1. The number of aromatic nitrogens is 2.